The molecule has 0 spiro atoms. The summed E-state index contributed by atoms with van der Waals surface area (Å²) in [7, 11) is -3.54. The number of halogens is 1. The highest BCUT2D eigenvalue weighted by molar-refractivity contribution is 9.10. The molecule has 8 heteroatoms. The van der Waals surface area contributed by atoms with Gasteiger partial charge in [0.2, 0.25) is 10.0 Å². The fourth-order valence-corrected chi connectivity index (χ4v) is 3.84. The first-order valence-electron chi connectivity index (χ1n) is 5.97. The lowest BCUT2D eigenvalue weighted by atomic mass is 10.2. The van der Waals surface area contributed by atoms with E-state index in [4.69, 9.17) is 5.73 Å². The van der Waals surface area contributed by atoms with E-state index in [-0.39, 0.29) is 4.90 Å². The molecule has 0 saturated carbocycles. The maximum atomic E-state index is 12.2. The van der Waals surface area contributed by atoms with E-state index in [2.05, 4.69) is 25.6 Å². The van der Waals surface area contributed by atoms with Crippen LogP contribution in [0.3, 0.4) is 0 Å². The minimum Gasteiger partial charge on any atom is -0.336 e. The van der Waals surface area contributed by atoms with E-state index < -0.39 is 10.0 Å². The summed E-state index contributed by atoms with van der Waals surface area (Å²) < 4.78 is 29.2. The predicted molar refractivity (Wildman–Crippen MR) is 79.4 cm³/mol. The van der Waals surface area contributed by atoms with Crippen molar-refractivity contribution in [3.63, 3.8) is 0 Å². The fourth-order valence-electron chi connectivity index (χ4n) is 1.70. The predicted octanol–water partition coefficient (Wildman–Crippen LogP) is 1.08. The first-order valence-corrected chi connectivity index (χ1v) is 8.24. The average molecular weight is 359 g/mol. The van der Waals surface area contributed by atoms with Crippen LogP contribution in [0, 0.1) is 0 Å². The van der Waals surface area contributed by atoms with Crippen molar-refractivity contribution < 1.29 is 8.42 Å². The minimum absolute atomic E-state index is 0.209. The van der Waals surface area contributed by atoms with Gasteiger partial charge < -0.3 is 10.3 Å². The molecule has 0 fully saturated rings. The fraction of sp³-hybridized carbons (Fsp3) is 0.250. The molecule has 2 rings (SSSR count). The normalized spacial score (nSPS) is 11.7. The second kappa shape index (κ2) is 6.49. The summed E-state index contributed by atoms with van der Waals surface area (Å²) in [6, 6.07) is 4.96. The van der Waals surface area contributed by atoms with Crippen molar-refractivity contribution in [2.24, 2.45) is 5.73 Å². The summed E-state index contributed by atoms with van der Waals surface area (Å²) in [6.07, 6.45) is 5.07. The Morgan fingerprint density at radius 1 is 1.40 bits per heavy atom. The second-order valence-corrected chi connectivity index (χ2v) is 6.76. The molecule has 0 atom stereocenters. The van der Waals surface area contributed by atoms with Gasteiger partial charge in [0.1, 0.15) is 0 Å². The molecule has 0 saturated heterocycles. The zero-order valence-corrected chi connectivity index (χ0v) is 13.1. The molecule has 0 radical (unpaired) electrons. The van der Waals surface area contributed by atoms with Crippen LogP contribution in [0.1, 0.15) is 5.56 Å². The molecule has 6 nitrogen and oxygen atoms in total. The number of hydrogen-bond donors (Lipinski definition) is 2. The number of nitrogens with zero attached hydrogens (tertiary/aromatic N) is 2. The molecule has 1 aromatic heterocycles. The van der Waals surface area contributed by atoms with Gasteiger partial charge in [-0.2, -0.15) is 0 Å². The van der Waals surface area contributed by atoms with Gasteiger partial charge in [-0.15, -0.1) is 0 Å². The third-order valence-corrected chi connectivity index (χ3v) is 5.18. The van der Waals surface area contributed by atoms with Crippen LogP contribution in [0.5, 0.6) is 0 Å². The molecule has 1 aromatic carbocycles. The Morgan fingerprint density at radius 2 is 2.20 bits per heavy atom. The van der Waals surface area contributed by atoms with E-state index in [1.54, 1.807) is 41.5 Å². The first-order chi connectivity index (χ1) is 9.53. The molecular formula is C12H15BrN4O2S. The quantitative estimate of drug-likeness (QED) is 0.808. The number of nitrogens with two attached hydrogens (primary N) is 1. The van der Waals surface area contributed by atoms with Crippen LogP contribution in [0.15, 0.2) is 46.3 Å². The van der Waals surface area contributed by atoms with Crippen LogP contribution in [0.2, 0.25) is 0 Å². The molecule has 2 aromatic rings. The Bertz CT molecular complexity index is 671. The Kier molecular flexibility index (Phi) is 4.92. The van der Waals surface area contributed by atoms with Crippen LogP contribution in [0.4, 0.5) is 0 Å². The van der Waals surface area contributed by atoms with E-state index in [0.717, 1.165) is 5.56 Å². The summed E-state index contributed by atoms with van der Waals surface area (Å²) >= 11 is 3.26. The number of aromatic nitrogens is 2. The van der Waals surface area contributed by atoms with E-state index in [0.29, 0.717) is 24.1 Å². The molecule has 0 amide bonds. The summed E-state index contributed by atoms with van der Waals surface area (Å²) in [5.74, 6) is 0. The third kappa shape index (κ3) is 3.66. The maximum absolute atomic E-state index is 12.2. The van der Waals surface area contributed by atoms with Crippen LogP contribution in [0.25, 0.3) is 0 Å². The van der Waals surface area contributed by atoms with E-state index in [1.807, 2.05) is 0 Å². The molecule has 0 bridgehead atoms. The van der Waals surface area contributed by atoms with Gasteiger partial charge in [0.25, 0.3) is 0 Å². The number of nitrogens with one attached hydrogen (secondary N) is 1. The molecule has 3 N–H and O–H groups in total. The summed E-state index contributed by atoms with van der Waals surface area (Å²) in [5, 5.41) is 0. The van der Waals surface area contributed by atoms with Crippen molar-refractivity contribution in [3.8, 4) is 0 Å². The van der Waals surface area contributed by atoms with Gasteiger partial charge in [-0.1, -0.05) is 6.07 Å². The molecule has 108 valence electrons. The van der Waals surface area contributed by atoms with Gasteiger partial charge in [0, 0.05) is 36.5 Å². The standard InChI is InChI=1S/C12H15BrN4O2S/c13-11-7-10(8-14)1-2-12(11)20(18,19)16-4-6-17-5-3-15-9-17/h1-3,5,7,9,16H,4,6,8,14H2. The van der Waals surface area contributed by atoms with Crippen LogP contribution < -0.4 is 10.5 Å². The summed E-state index contributed by atoms with van der Waals surface area (Å²) in [6.45, 7) is 1.19. The van der Waals surface area contributed by atoms with Crippen molar-refractivity contribution in [2.45, 2.75) is 18.0 Å². The van der Waals surface area contributed by atoms with Gasteiger partial charge in [-0.05, 0) is 33.6 Å². The van der Waals surface area contributed by atoms with Crippen LogP contribution in [-0.2, 0) is 23.1 Å². The zero-order valence-electron chi connectivity index (χ0n) is 10.7. The number of hydrogen-bond acceptors (Lipinski definition) is 4. The lowest BCUT2D eigenvalue weighted by Crippen LogP contribution is -2.27. The average Bonchev–Trinajstić information content (AvgIpc) is 2.91. The Morgan fingerprint density at radius 3 is 2.80 bits per heavy atom. The van der Waals surface area contributed by atoms with Gasteiger partial charge in [0.05, 0.1) is 11.2 Å². The van der Waals surface area contributed by atoms with E-state index >= 15 is 0 Å². The van der Waals surface area contributed by atoms with Crippen LogP contribution in [-0.4, -0.2) is 24.5 Å². The number of sulfonamides is 1. The Balaban J connectivity index is 2.06. The molecule has 1 heterocycles. The highest BCUT2D eigenvalue weighted by Gasteiger charge is 2.17. The highest BCUT2D eigenvalue weighted by Crippen LogP contribution is 2.22. The molecule has 0 unspecified atom stereocenters. The maximum Gasteiger partial charge on any atom is 0.241 e. The number of imidazole rings is 1. The van der Waals surface area contributed by atoms with Crippen molar-refractivity contribution in [3.05, 3.63) is 47.0 Å². The summed E-state index contributed by atoms with van der Waals surface area (Å²) in [4.78, 5) is 4.10. The van der Waals surface area contributed by atoms with Gasteiger partial charge in [-0.3, -0.25) is 0 Å². The molecule has 0 aliphatic heterocycles. The third-order valence-electron chi connectivity index (χ3n) is 2.74. The second-order valence-electron chi connectivity index (χ2n) is 4.17. The van der Waals surface area contributed by atoms with Crippen LogP contribution >= 0.6 is 15.9 Å². The molecule has 0 aliphatic rings. The zero-order chi connectivity index (χ0) is 14.6. The number of benzene rings is 1. The van der Waals surface area contributed by atoms with E-state index in [9.17, 15) is 8.42 Å². The lowest BCUT2D eigenvalue weighted by molar-refractivity contribution is 0.572. The smallest absolute Gasteiger partial charge is 0.241 e. The van der Waals surface area contributed by atoms with Crippen molar-refractivity contribution in [1.82, 2.24) is 14.3 Å². The van der Waals surface area contributed by atoms with Gasteiger partial charge >= 0.3 is 0 Å². The van der Waals surface area contributed by atoms with Crippen molar-refractivity contribution in [1.29, 1.82) is 0 Å². The number of rotatable bonds is 6. The van der Waals surface area contributed by atoms with E-state index in [1.165, 1.54) is 0 Å². The molecule has 0 aliphatic carbocycles. The largest absolute Gasteiger partial charge is 0.336 e. The van der Waals surface area contributed by atoms with Crippen molar-refractivity contribution in [2.75, 3.05) is 6.54 Å². The Labute approximate surface area is 126 Å². The SMILES string of the molecule is NCc1ccc(S(=O)(=O)NCCn2ccnc2)c(Br)c1. The van der Waals surface area contributed by atoms with Crippen molar-refractivity contribution >= 4 is 26.0 Å². The first kappa shape index (κ1) is 15.2. The molecular weight excluding hydrogens is 344 g/mol. The van der Waals surface area contributed by atoms with Gasteiger partial charge in [0.15, 0.2) is 0 Å². The Hall–Kier alpha value is -1.22. The topological polar surface area (TPSA) is 90.0 Å². The molecule has 20 heavy (non-hydrogen) atoms. The highest BCUT2D eigenvalue weighted by atomic mass is 79.9. The lowest BCUT2D eigenvalue weighted by Gasteiger charge is -2.10. The monoisotopic (exact) mass is 358 g/mol. The minimum atomic E-state index is -3.54. The van der Waals surface area contributed by atoms with Gasteiger partial charge in [-0.25, -0.2) is 18.1 Å². The summed E-state index contributed by atoms with van der Waals surface area (Å²) in [5.41, 5.74) is 6.39.